The molecule has 1 aliphatic heterocycles. The first-order valence-electron chi connectivity index (χ1n) is 12.0. The molecule has 1 amide bonds. The van der Waals surface area contributed by atoms with Gasteiger partial charge >= 0.3 is 0 Å². The van der Waals surface area contributed by atoms with Gasteiger partial charge in [0.05, 0.1) is 17.1 Å². The highest BCUT2D eigenvalue weighted by molar-refractivity contribution is 6.77. The fraction of sp³-hybridized carbons (Fsp3) is 0.640. The lowest BCUT2D eigenvalue weighted by Crippen LogP contribution is -2.99. The molecule has 1 saturated heterocycles. The molecule has 32 heavy (non-hydrogen) atoms. The second-order valence-corrected chi connectivity index (χ2v) is 16.0. The van der Waals surface area contributed by atoms with Gasteiger partial charge in [0, 0.05) is 18.2 Å². The largest absolute Gasteiger partial charge is 0.595 e. The Kier molecular flexibility index (Phi) is 7.25. The second-order valence-electron chi connectivity index (χ2n) is 10.7. The molecule has 1 heterocycles. The summed E-state index contributed by atoms with van der Waals surface area (Å²) in [5.41, 5.74) is 2.20. The van der Waals surface area contributed by atoms with Crippen LogP contribution in [0.3, 0.4) is 0 Å². The number of amides is 1. The Morgan fingerprint density at radius 3 is 2.22 bits per heavy atom. The van der Waals surface area contributed by atoms with Crippen LogP contribution in [0, 0.1) is 16.5 Å². The van der Waals surface area contributed by atoms with Gasteiger partial charge in [-0.2, -0.15) is 5.23 Å². The maximum atomic E-state index is 13.2. The zero-order chi connectivity index (χ0) is 23.8. The van der Waals surface area contributed by atoms with Crippen molar-refractivity contribution in [2.24, 2.45) is 11.3 Å². The molecule has 1 fully saturated rings. The van der Waals surface area contributed by atoms with Gasteiger partial charge in [0.2, 0.25) is 5.91 Å². The quantitative estimate of drug-likeness (QED) is 0.390. The molecule has 4 atom stereocenters. The van der Waals surface area contributed by atoms with Crippen LogP contribution in [0.1, 0.15) is 66.9 Å². The van der Waals surface area contributed by atoms with Crippen molar-refractivity contribution in [1.29, 1.82) is 0 Å². The smallest absolute Gasteiger partial charge is 0.258 e. The van der Waals surface area contributed by atoms with E-state index in [1.54, 1.807) is 12.1 Å². The summed E-state index contributed by atoms with van der Waals surface area (Å²) in [4.78, 5) is 13.2. The molecule has 3 rings (SSSR count). The minimum absolute atomic E-state index is 0.0662. The van der Waals surface area contributed by atoms with Crippen LogP contribution in [0.5, 0.6) is 0 Å². The van der Waals surface area contributed by atoms with E-state index in [-0.39, 0.29) is 23.6 Å². The highest BCUT2D eigenvalue weighted by Gasteiger charge is 2.58. The molecule has 7 heteroatoms. The van der Waals surface area contributed by atoms with Gasteiger partial charge in [-0.15, -0.1) is 0 Å². The molecule has 0 aromatic heterocycles. The molecule has 1 aromatic rings. The highest BCUT2D eigenvalue weighted by atomic mass is 28.4. The van der Waals surface area contributed by atoms with Gasteiger partial charge in [0.1, 0.15) is 0 Å². The van der Waals surface area contributed by atoms with Crippen molar-refractivity contribution < 1.29 is 19.7 Å². The molecular weight excluding hydrogens is 420 g/mol. The molecule has 4 unspecified atom stereocenters. The van der Waals surface area contributed by atoms with Gasteiger partial charge in [0.25, 0.3) is 8.32 Å². The number of hydrogen-bond acceptors (Lipinski definition) is 4. The normalized spacial score (nSPS) is 26.9. The van der Waals surface area contributed by atoms with Crippen LogP contribution in [0.15, 0.2) is 36.1 Å². The Morgan fingerprint density at radius 2 is 1.72 bits per heavy atom. The maximum Gasteiger partial charge on any atom is 0.258 e. The second kappa shape index (κ2) is 9.29. The molecule has 6 nitrogen and oxygen atoms in total. The molecule has 0 bridgehead atoms. The highest BCUT2D eigenvalue weighted by Crippen LogP contribution is 2.53. The molecule has 3 N–H and O–H groups in total. The van der Waals surface area contributed by atoms with Gasteiger partial charge in [-0.1, -0.05) is 53.7 Å². The van der Waals surface area contributed by atoms with E-state index in [0.29, 0.717) is 23.0 Å². The van der Waals surface area contributed by atoms with Crippen molar-refractivity contribution in [3.63, 3.8) is 0 Å². The van der Waals surface area contributed by atoms with E-state index in [4.69, 9.17) is 4.43 Å². The van der Waals surface area contributed by atoms with Crippen LogP contribution in [0.25, 0.3) is 0 Å². The predicted octanol–water partition coefficient (Wildman–Crippen LogP) is 4.62. The molecular formula is C25H40N2O4Si. The van der Waals surface area contributed by atoms with Crippen molar-refractivity contribution in [2.45, 2.75) is 90.4 Å². The summed E-state index contributed by atoms with van der Waals surface area (Å²) >= 11 is 0. The van der Waals surface area contributed by atoms with Crippen LogP contribution in [-0.2, 0) is 15.6 Å². The molecule has 0 radical (unpaired) electrons. The van der Waals surface area contributed by atoms with Crippen molar-refractivity contribution in [3.8, 4) is 0 Å². The van der Waals surface area contributed by atoms with Crippen molar-refractivity contribution in [2.75, 3.05) is 0 Å². The van der Waals surface area contributed by atoms with E-state index >= 15 is 0 Å². The van der Waals surface area contributed by atoms with Crippen molar-refractivity contribution in [3.05, 3.63) is 46.9 Å². The molecule has 2 aliphatic rings. The van der Waals surface area contributed by atoms with Crippen LogP contribution >= 0.6 is 0 Å². The van der Waals surface area contributed by atoms with E-state index in [1.807, 2.05) is 12.1 Å². The number of hydrogen-bond donors (Lipinski definition) is 3. The summed E-state index contributed by atoms with van der Waals surface area (Å²) in [6.07, 6.45) is 4.64. The summed E-state index contributed by atoms with van der Waals surface area (Å²) in [6.45, 7) is 15.9. The number of quaternary nitrogens is 1. The molecule has 0 spiro atoms. The van der Waals surface area contributed by atoms with Crippen LogP contribution < -0.4 is 10.5 Å². The van der Waals surface area contributed by atoms with Gasteiger partial charge in [-0.25, -0.2) is 5.21 Å². The number of benzene rings is 1. The summed E-state index contributed by atoms with van der Waals surface area (Å²) < 4.78 is 7.18. The zero-order valence-electron chi connectivity index (χ0n) is 20.6. The Morgan fingerprint density at radius 1 is 1.16 bits per heavy atom. The summed E-state index contributed by atoms with van der Waals surface area (Å²) in [6, 6.07) is 6.96. The van der Waals surface area contributed by atoms with E-state index in [1.165, 1.54) is 0 Å². The fourth-order valence-electron chi connectivity index (χ4n) is 6.27. The summed E-state index contributed by atoms with van der Waals surface area (Å²) in [7, 11) is -2.16. The first kappa shape index (κ1) is 25.0. The SMILES string of the molecule is CC(C)[Si](OC1=CCCC2NC(=O)C(Cc3ccc([NH+]([O-])O)cc3)C12C)(C(C)C)C(C)C. The first-order chi connectivity index (χ1) is 14.9. The molecule has 0 saturated carbocycles. The fourth-order valence-corrected chi connectivity index (χ4v) is 11.7. The summed E-state index contributed by atoms with van der Waals surface area (Å²) in [5, 5.41) is 22.7. The number of nitrogens with one attached hydrogen (secondary N) is 2. The molecule has 1 aromatic carbocycles. The number of carbonyl (C=O) groups is 1. The predicted molar refractivity (Wildman–Crippen MR) is 129 cm³/mol. The summed E-state index contributed by atoms with van der Waals surface area (Å²) in [5.74, 6) is 0.831. The number of fused-ring (bicyclic) bond motifs is 1. The van der Waals surface area contributed by atoms with Crippen LogP contribution in [0.4, 0.5) is 5.69 Å². The van der Waals surface area contributed by atoms with E-state index in [2.05, 4.69) is 59.9 Å². The third-order valence-electron chi connectivity index (χ3n) is 8.03. The Bertz CT molecular complexity index is 828. The lowest BCUT2D eigenvalue weighted by Gasteiger charge is -2.48. The zero-order valence-corrected chi connectivity index (χ0v) is 21.6. The standard InChI is InChI=1S/C25H40N2O4Si/c1-16(2)32(17(3)4,18(5)6)31-23-10-8-9-22-25(23,7)21(24(28)26-22)15-19-11-13-20(14-12-19)27(29)30/h10-14,16-18,21-22,27,29H,8-9,15H2,1-7H3,(H,26,28). The Labute approximate surface area is 193 Å². The number of rotatable bonds is 8. The van der Waals surface area contributed by atoms with Crippen molar-refractivity contribution in [1.82, 2.24) is 5.32 Å². The van der Waals surface area contributed by atoms with Crippen molar-refractivity contribution >= 4 is 19.9 Å². The monoisotopic (exact) mass is 460 g/mol. The third kappa shape index (κ3) is 4.16. The lowest BCUT2D eigenvalue weighted by molar-refractivity contribution is -0.991. The van der Waals surface area contributed by atoms with E-state index < -0.39 is 19.0 Å². The minimum atomic E-state index is -2.16. The topological polar surface area (TPSA) is 86.1 Å². The van der Waals surface area contributed by atoms with Gasteiger partial charge in [-0.05, 0) is 54.4 Å². The number of carbonyl (C=O) groups excluding carboxylic acids is 1. The van der Waals surface area contributed by atoms with E-state index in [0.717, 1.165) is 24.2 Å². The third-order valence-corrected chi connectivity index (χ3v) is 14.0. The van der Waals surface area contributed by atoms with E-state index in [9.17, 15) is 15.2 Å². The Hall–Kier alpha value is -1.67. The first-order valence-corrected chi connectivity index (χ1v) is 14.1. The average Bonchev–Trinajstić information content (AvgIpc) is 2.96. The maximum absolute atomic E-state index is 13.2. The van der Waals surface area contributed by atoms with Gasteiger partial charge in [-0.3, -0.25) is 4.79 Å². The molecule has 178 valence electrons. The van der Waals surface area contributed by atoms with Gasteiger partial charge in [0.15, 0.2) is 5.69 Å². The lowest BCUT2D eigenvalue weighted by atomic mass is 9.67. The number of allylic oxidation sites excluding steroid dienone is 1. The van der Waals surface area contributed by atoms with Crippen LogP contribution in [0.2, 0.25) is 16.6 Å². The van der Waals surface area contributed by atoms with Gasteiger partial charge < -0.3 is 15.0 Å². The Balaban J connectivity index is 1.96. The van der Waals surface area contributed by atoms with Crippen LogP contribution in [-0.4, -0.2) is 25.5 Å². The minimum Gasteiger partial charge on any atom is -0.595 e. The average molecular weight is 461 g/mol. The molecule has 1 aliphatic carbocycles.